The maximum absolute atomic E-state index is 3.21. The Morgan fingerprint density at radius 3 is 2.94 bits per heavy atom. The summed E-state index contributed by atoms with van der Waals surface area (Å²) >= 11 is 0. The Morgan fingerprint density at radius 1 is 1.44 bits per heavy atom. The van der Waals surface area contributed by atoms with E-state index in [1.165, 1.54) is 36.3 Å². The Kier molecular flexibility index (Phi) is 3.49. The van der Waals surface area contributed by atoms with Gasteiger partial charge in [0.05, 0.1) is 0 Å². The summed E-state index contributed by atoms with van der Waals surface area (Å²) in [5.74, 6) is 0.679. The van der Waals surface area contributed by atoms with Crippen LogP contribution >= 0.6 is 0 Å². The van der Waals surface area contributed by atoms with E-state index in [4.69, 9.17) is 0 Å². The van der Waals surface area contributed by atoms with Crippen LogP contribution in [0.2, 0.25) is 0 Å². The van der Waals surface area contributed by atoms with Crippen LogP contribution in [-0.2, 0) is 6.54 Å². The molecule has 2 heteroatoms. The summed E-state index contributed by atoms with van der Waals surface area (Å²) in [6.45, 7) is 7.92. The van der Waals surface area contributed by atoms with Crippen LogP contribution < -0.4 is 10.2 Å². The predicted octanol–water partition coefficient (Wildman–Crippen LogP) is 2.74. The fourth-order valence-electron chi connectivity index (χ4n) is 2.61. The Balaban J connectivity index is 2.26. The smallest absolute Gasteiger partial charge is 0.0402 e. The largest absolute Gasteiger partial charge is 0.371 e. The van der Waals surface area contributed by atoms with Crippen LogP contribution in [0.25, 0.3) is 0 Å². The lowest BCUT2D eigenvalue weighted by Gasteiger charge is -2.18. The number of nitrogens with zero attached hydrogens (tertiary/aromatic N) is 1. The van der Waals surface area contributed by atoms with E-state index in [2.05, 4.69) is 42.3 Å². The van der Waals surface area contributed by atoms with Gasteiger partial charge in [0.2, 0.25) is 0 Å². The molecule has 0 aromatic heterocycles. The van der Waals surface area contributed by atoms with Gasteiger partial charge >= 0.3 is 0 Å². The van der Waals surface area contributed by atoms with Crippen molar-refractivity contribution in [1.82, 2.24) is 5.32 Å². The molecular formula is C14H22N2. The molecule has 0 spiro atoms. The first kappa shape index (κ1) is 11.5. The number of hydrogen-bond donors (Lipinski definition) is 1. The highest BCUT2D eigenvalue weighted by Gasteiger charge is 2.24. The molecule has 0 saturated heterocycles. The van der Waals surface area contributed by atoms with E-state index in [0.29, 0.717) is 5.92 Å². The van der Waals surface area contributed by atoms with Crippen molar-refractivity contribution < 1.29 is 0 Å². The van der Waals surface area contributed by atoms with Gasteiger partial charge in [-0.3, -0.25) is 0 Å². The van der Waals surface area contributed by atoms with Gasteiger partial charge < -0.3 is 10.2 Å². The highest BCUT2D eigenvalue weighted by atomic mass is 15.1. The molecule has 16 heavy (non-hydrogen) atoms. The highest BCUT2D eigenvalue weighted by molar-refractivity contribution is 5.61. The average Bonchev–Trinajstić information content (AvgIpc) is 2.57. The van der Waals surface area contributed by atoms with Gasteiger partial charge in [0.25, 0.3) is 0 Å². The van der Waals surface area contributed by atoms with Gasteiger partial charge in [0, 0.05) is 31.2 Å². The first-order valence-electron chi connectivity index (χ1n) is 6.28. The van der Waals surface area contributed by atoms with Crippen molar-refractivity contribution in [2.75, 3.05) is 25.0 Å². The Bertz CT molecular complexity index is 360. The molecule has 1 aliphatic heterocycles. The topological polar surface area (TPSA) is 15.3 Å². The van der Waals surface area contributed by atoms with E-state index in [-0.39, 0.29) is 0 Å². The van der Waals surface area contributed by atoms with Crippen molar-refractivity contribution in [2.24, 2.45) is 0 Å². The summed E-state index contributed by atoms with van der Waals surface area (Å²) < 4.78 is 0. The van der Waals surface area contributed by atoms with Crippen LogP contribution in [0, 0.1) is 0 Å². The standard InChI is InChI=1S/C14H22N2/c1-4-7-16-10-11(2)13-8-12(9-15-3)5-6-14(13)16/h5-6,8,11,15H,4,7,9-10H2,1-3H3. The van der Waals surface area contributed by atoms with Crippen LogP contribution in [0.5, 0.6) is 0 Å². The van der Waals surface area contributed by atoms with Crippen molar-refractivity contribution in [3.8, 4) is 0 Å². The number of benzene rings is 1. The monoisotopic (exact) mass is 218 g/mol. The van der Waals surface area contributed by atoms with Gasteiger partial charge in [-0.25, -0.2) is 0 Å². The quantitative estimate of drug-likeness (QED) is 0.836. The van der Waals surface area contributed by atoms with Crippen molar-refractivity contribution in [3.63, 3.8) is 0 Å². The van der Waals surface area contributed by atoms with Gasteiger partial charge in [-0.2, -0.15) is 0 Å². The van der Waals surface area contributed by atoms with Gasteiger partial charge in [-0.15, -0.1) is 0 Å². The van der Waals surface area contributed by atoms with Gasteiger partial charge in [0.1, 0.15) is 0 Å². The lowest BCUT2D eigenvalue weighted by Crippen LogP contribution is -2.21. The lowest BCUT2D eigenvalue weighted by atomic mass is 10.0. The molecule has 1 aromatic carbocycles. The Labute approximate surface area is 98.7 Å². The molecule has 2 nitrogen and oxygen atoms in total. The van der Waals surface area contributed by atoms with Crippen LogP contribution in [0.15, 0.2) is 18.2 Å². The van der Waals surface area contributed by atoms with Crippen LogP contribution in [-0.4, -0.2) is 20.1 Å². The number of anilines is 1. The molecule has 0 fully saturated rings. The van der Waals surface area contributed by atoms with Gasteiger partial charge in [-0.05, 0) is 30.7 Å². The molecule has 88 valence electrons. The first-order valence-corrected chi connectivity index (χ1v) is 6.28. The molecule has 0 amide bonds. The molecule has 1 aliphatic rings. The normalized spacial score (nSPS) is 18.9. The zero-order chi connectivity index (χ0) is 11.5. The molecular weight excluding hydrogens is 196 g/mol. The molecule has 1 unspecified atom stereocenters. The minimum Gasteiger partial charge on any atom is -0.371 e. The van der Waals surface area contributed by atoms with E-state index in [9.17, 15) is 0 Å². The number of rotatable bonds is 4. The minimum atomic E-state index is 0.679. The summed E-state index contributed by atoms with van der Waals surface area (Å²) in [6, 6.07) is 6.91. The van der Waals surface area contributed by atoms with Gasteiger partial charge in [0.15, 0.2) is 0 Å². The number of nitrogens with one attached hydrogen (secondary N) is 1. The van der Waals surface area contributed by atoms with E-state index in [1.54, 1.807) is 0 Å². The molecule has 1 aromatic rings. The summed E-state index contributed by atoms with van der Waals surface area (Å²) in [5, 5.41) is 3.21. The number of fused-ring (bicyclic) bond motifs is 1. The molecule has 1 N–H and O–H groups in total. The summed E-state index contributed by atoms with van der Waals surface area (Å²) in [6.07, 6.45) is 1.23. The summed E-state index contributed by atoms with van der Waals surface area (Å²) in [5.41, 5.74) is 4.38. The Hall–Kier alpha value is -1.02. The first-order chi connectivity index (χ1) is 7.76. The maximum atomic E-state index is 3.21. The SMILES string of the molecule is CCCN1CC(C)c2cc(CNC)ccc21. The highest BCUT2D eigenvalue weighted by Crippen LogP contribution is 2.36. The van der Waals surface area contributed by atoms with Crippen LogP contribution in [0.1, 0.15) is 37.3 Å². The fraction of sp³-hybridized carbons (Fsp3) is 0.571. The zero-order valence-corrected chi connectivity index (χ0v) is 10.6. The zero-order valence-electron chi connectivity index (χ0n) is 10.6. The summed E-state index contributed by atoms with van der Waals surface area (Å²) in [4.78, 5) is 2.52. The fourth-order valence-corrected chi connectivity index (χ4v) is 2.61. The summed E-state index contributed by atoms with van der Waals surface area (Å²) in [7, 11) is 2.00. The molecule has 0 saturated carbocycles. The second-order valence-electron chi connectivity index (χ2n) is 4.77. The third kappa shape index (κ3) is 2.07. The predicted molar refractivity (Wildman–Crippen MR) is 70.1 cm³/mol. The molecule has 2 rings (SSSR count). The van der Waals surface area contributed by atoms with Crippen molar-refractivity contribution in [2.45, 2.75) is 32.7 Å². The molecule has 0 bridgehead atoms. The van der Waals surface area contributed by atoms with E-state index < -0.39 is 0 Å². The molecule has 1 atom stereocenters. The third-order valence-corrected chi connectivity index (χ3v) is 3.33. The average molecular weight is 218 g/mol. The second-order valence-corrected chi connectivity index (χ2v) is 4.77. The van der Waals surface area contributed by atoms with Gasteiger partial charge in [-0.1, -0.05) is 26.0 Å². The molecule has 0 radical (unpaired) electrons. The Morgan fingerprint density at radius 2 is 2.25 bits per heavy atom. The number of hydrogen-bond acceptors (Lipinski definition) is 2. The third-order valence-electron chi connectivity index (χ3n) is 3.33. The van der Waals surface area contributed by atoms with E-state index in [0.717, 1.165) is 6.54 Å². The van der Waals surface area contributed by atoms with Crippen LogP contribution in [0.4, 0.5) is 5.69 Å². The van der Waals surface area contributed by atoms with E-state index in [1.807, 2.05) is 7.05 Å². The minimum absolute atomic E-state index is 0.679. The molecule has 1 heterocycles. The maximum Gasteiger partial charge on any atom is 0.0402 e. The van der Waals surface area contributed by atoms with Crippen molar-refractivity contribution in [3.05, 3.63) is 29.3 Å². The molecule has 0 aliphatic carbocycles. The lowest BCUT2D eigenvalue weighted by molar-refractivity contribution is 0.730. The van der Waals surface area contributed by atoms with Crippen molar-refractivity contribution in [1.29, 1.82) is 0 Å². The van der Waals surface area contributed by atoms with Crippen molar-refractivity contribution >= 4 is 5.69 Å². The van der Waals surface area contributed by atoms with Crippen LogP contribution in [0.3, 0.4) is 0 Å². The second kappa shape index (κ2) is 4.88. The van der Waals surface area contributed by atoms with E-state index >= 15 is 0 Å².